The van der Waals surface area contributed by atoms with Crippen LogP contribution in [0.4, 0.5) is 8.78 Å². The van der Waals surface area contributed by atoms with Crippen LogP contribution < -0.4 is 14.8 Å². The van der Waals surface area contributed by atoms with E-state index in [9.17, 15) is 8.78 Å². The van der Waals surface area contributed by atoms with Gasteiger partial charge in [-0.15, -0.1) is 0 Å². The van der Waals surface area contributed by atoms with E-state index in [4.69, 9.17) is 4.74 Å². The molecule has 2 rings (SSSR count). The van der Waals surface area contributed by atoms with Gasteiger partial charge in [-0.2, -0.15) is 8.78 Å². The Morgan fingerprint density at radius 2 is 1.62 bits per heavy atom. The van der Waals surface area contributed by atoms with Gasteiger partial charge >= 0.3 is 6.61 Å². The van der Waals surface area contributed by atoms with Gasteiger partial charge in [0.2, 0.25) is 0 Å². The van der Waals surface area contributed by atoms with Crippen LogP contribution in [0.5, 0.6) is 11.5 Å². The lowest BCUT2D eigenvalue weighted by atomic mass is 10.2. The van der Waals surface area contributed by atoms with E-state index in [0.29, 0.717) is 19.7 Å². The zero-order chi connectivity index (χ0) is 14.9. The fraction of sp³-hybridized carbons (Fsp3) is 0.250. The standard InChI is InChI=1S/C16H17F2NO2/c17-16(18)21-15-8-6-13(7-9-15)12-19-10-11-20-14-4-2-1-3-5-14/h1-9,16,19H,10-12H2. The van der Waals surface area contributed by atoms with Crippen molar-refractivity contribution >= 4 is 0 Å². The highest BCUT2D eigenvalue weighted by Crippen LogP contribution is 2.14. The molecule has 21 heavy (non-hydrogen) atoms. The minimum absolute atomic E-state index is 0.168. The van der Waals surface area contributed by atoms with Crippen molar-refractivity contribution in [2.24, 2.45) is 0 Å². The Labute approximate surface area is 122 Å². The molecule has 112 valence electrons. The Morgan fingerprint density at radius 3 is 2.29 bits per heavy atom. The molecule has 0 aliphatic carbocycles. The van der Waals surface area contributed by atoms with Gasteiger partial charge in [-0.3, -0.25) is 0 Å². The molecule has 0 heterocycles. The van der Waals surface area contributed by atoms with E-state index in [0.717, 1.165) is 11.3 Å². The van der Waals surface area contributed by atoms with Gasteiger partial charge in [-0.1, -0.05) is 30.3 Å². The third-order valence-corrected chi connectivity index (χ3v) is 2.77. The predicted molar refractivity (Wildman–Crippen MR) is 76.7 cm³/mol. The molecule has 0 radical (unpaired) electrons. The van der Waals surface area contributed by atoms with E-state index in [1.807, 2.05) is 30.3 Å². The molecule has 1 N–H and O–H groups in total. The van der Waals surface area contributed by atoms with Crippen LogP contribution in [-0.4, -0.2) is 19.8 Å². The van der Waals surface area contributed by atoms with Crippen LogP contribution in [0.1, 0.15) is 5.56 Å². The van der Waals surface area contributed by atoms with Crippen LogP contribution in [0.15, 0.2) is 54.6 Å². The van der Waals surface area contributed by atoms with Crippen molar-refractivity contribution < 1.29 is 18.3 Å². The van der Waals surface area contributed by atoms with Gasteiger partial charge in [0.25, 0.3) is 0 Å². The minimum Gasteiger partial charge on any atom is -0.492 e. The summed E-state index contributed by atoms with van der Waals surface area (Å²) in [5.41, 5.74) is 0.997. The molecule has 3 nitrogen and oxygen atoms in total. The maximum atomic E-state index is 12.0. The molecule has 0 aromatic heterocycles. The smallest absolute Gasteiger partial charge is 0.387 e. The Bertz CT molecular complexity index is 518. The molecule has 0 spiro atoms. The van der Waals surface area contributed by atoms with E-state index in [1.165, 1.54) is 12.1 Å². The predicted octanol–water partition coefficient (Wildman–Crippen LogP) is 3.46. The molecule has 0 amide bonds. The van der Waals surface area contributed by atoms with Gasteiger partial charge < -0.3 is 14.8 Å². The average Bonchev–Trinajstić information content (AvgIpc) is 2.49. The summed E-state index contributed by atoms with van der Waals surface area (Å²) in [4.78, 5) is 0. The Hall–Kier alpha value is -2.14. The number of halogens is 2. The molecular weight excluding hydrogens is 276 g/mol. The van der Waals surface area contributed by atoms with E-state index in [1.54, 1.807) is 12.1 Å². The zero-order valence-corrected chi connectivity index (χ0v) is 11.5. The van der Waals surface area contributed by atoms with Crippen LogP contribution >= 0.6 is 0 Å². The van der Waals surface area contributed by atoms with Crippen molar-refractivity contribution in [3.63, 3.8) is 0 Å². The second kappa shape index (κ2) is 8.21. The lowest BCUT2D eigenvalue weighted by Gasteiger charge is -2.08. The number of hydrogen-bond acceptors (Lipinski definition) is 3. The van der Waals surface area contributed by atoms with E-state index in [-0.39, 0.29) is 5.75 Å². The summed E-state index contributed by atoms with van der Waals surface area (Å²) < 4.78 is 33.8. The highest BCUT2D eigenvalue weighted by atomic mass is 19.3. The first-order valence-corrected chi connectivity index (χ1v) is 6.66. The molecule has 0 atom stereocenters. The topological polar surface area (TPSA) is 30.5 Å². The fourth-order valence-corrected chi connectivity index (χ4v) is 1.78. The summed E-state index contributed by atoms with van der Waals surface area (Å²) in [7, 11) is 0. The maximum Gasteiger partial charge on any atom is 0.387 e. The number of nitrogens with one attached hydrogen (secondary N) is 1. The van der Waals surface area contributed by atoms with Crippen LogP contribution in [0.3, 0.4) is 0 Å². The van der Waals surface area contributed by atoms with Gasteiger partial charge in [0, 0.05) is 13.1 Å². The second-order valence-corrected chi connectivity index (χ2v) is 4.36. The van der Waals surface area contributed by atoms with Gasteiger partial charge in [0.15, 0.2) is 0 Å². The first kappa shape index (κ1) is 15.3. The average molecular weight is 293 g/mol. The van der Waals surface area contributed by atoms with Gasteiger partial charge in [-0.25, -0.2) is 0 Å². The van der Waals surface area contributed by atoms with Gasteiger partial charge in [0.1, 0.15) is 18.1 Å². The van der Waals surface area contributed by atoms with Gasteiger partial charge in [-0.05, 0) is 29.8 Å². The first-order valence-electron chi connectivity index (χ1n) is 6.66. The fourth-order valence-electron chi connectivity index (χ4n) is 1.78. The van der Waals surface area contributed by atoms with Crippen molar-refractivity contribution in [3.8, 4) is 11.5 Å². The molecule has 0 aliphatic rings. The quantitative estimate of drug-likeness (QED) is 0.756. The Kier molecular flexibility index (Phi) is 5.97. The number of alkyl halides is 2. The van der Waals surface area contributed by atoms with Crippen LogP contribution in [0, 0.1) is 0 Å². The normalized spacial score (nSPS) is 10.6. The molecule has 2 aromatic rings. The second-order valence-electron chi connectivity index (χ2n) is 4.36. The highest BCUT2D eigenvalue weighted by molar-refractivity contribution is 5.27. The summed E-state index contributed by atoms with van der Waals surface area (Å²) in [6.07, 6.45) is 0. The lowest BCUT2D eigenvalue weighted by molar-refractivity contribution is -0.0498. The maximum absolute atomic E-state index is 12.0. The summed E-state index contributed by atoms with van der Waals surface area (Å²) >= 11 is 0. The number of benzene rings is 2. The number of ether oxygens (including phenoxy) is 2. The van der Waals surface area contributed by atoms with Crippen molar-refractivity contribution in [1.82, 2.24) is 5.32 Å². The minimum atomic E-state index is -2.79. The van der Waals surface area contributed by atoms with Crippen LogP contribution in [-0.2, 0) is 6.54 Å². The van der Waals surface area contributed by atoms with Crippen LogP contribution in [0.2, 0.25) is 0 Å². The third kappa shape index (κ3) is 5.79. The molecule has 0 aliphatic heterocycles. The highest BCUT2D eigenvalue weighted by Gasteiger charge is 2.03. The number of rotatable bonds is 8. The van der Waals surface area contributed by atoms with Crippen molar-refractivity contribution in [1.29, 1.82) is 0 Å². The van der Waals surface area contributed by atoms with E-state index in [2.05, 4.69) is 10.1 Å². The molecule has 2 aromatic carbocycles. The molecule has 5 heteroatoms. The Balaban J connectivity index is 1.64. The van der Waals surface area contributed by atoms with Crippen molar-refractivity contribution in [2.45, 2.75) is 13.2 Å². The zero-order valence-electron chi connectivity index (χ0n) is 11.5. The van der Waals surface area contributed by atoms with Gasteiger partial charge in [0.05, 0.1) is 0 Å². The largest absolute Gasteiger partial charge is 0.492 e. The SMILES string of the molecule is FC(F)Oc1ccc(CNCCOc2ccccc2)cc1. The molecule has 0 saturated carbocycles. The van der Waals surface area contributed by atoms with Crippen LogP contribution in [0.25, 0.3) is 0 Å². The molecule has 0 fully saturated rings. The molecular formula is C16H17F2NO2. The first-order chi connectivity index (χ1) is 10.2. The monoisotopic (exact) mass is 293 g/mol. The molecule has 0 bridgehead atoms. The lowest BCUT2D eigenvalue weighted by Crippen LogP contribution is -2.20. The van der Waals surface area contributed by atoms with E-state index < -0.39 is 6.61 Å². The number of para-hydroxylation sites is 1. The summed E-state index contributed by atoms with van der Waals surface area (Å²) in [5, 5.41) is 3.22. The Morgan fingerprint density at radius 1 is 0.905 bits per heavy atom. The van der Waals surface area contributed by atoms with E-state index >= 15 is 0 Å². The van der Waals surface area contributed by atoms with Crippen molar-refractivity contribution in [2.75, 3.05) is 13.2 Å². The summed E-state index contributed by atoms with van der Waals surface area (Å²) in [6.45, 7) is -0.877. The molecule has 0 unspecified atom stereocenters. The van der Waals surface area contributed by atoms with Crippen molar-refractivity contribution in [3.05, 3.63) is 60.2 Å². The summed E-state index contributed by atoms with van der Waals surface area (Å²) in [5.74, 6) is 1.01. The number of hydrogen-bond donors (Lipinski definition) is 1. The molecule has 0 saturated heterocycles. The summed E-state index contributed by atoms with van der Waals surface area (Å²) in [6, 6.07) is 16.2. The third-order valence-electron chi connectivity index (χ3n) is 2.77.